The van der Waals surface area contributed by atoms with Gasteiger partial charge in [-0.15, -0.1) is 0 Å². The molecule has 3 aromatic rings. The summed E-state index contributed by atoms with van der Waals surface area (Å²) in [6.45, 7) is 4.10. The highest BCUT2D eigenvalue weighted by Gasteiger charge is 2.33. The zero-order valence-electron chi connectivity index (χ0n) is 18.2. The predicted molar refractivity (Wildman–Crippen MR) is 119 cm³/mol. The first-order chi connectivity index (χ1) is 15.3. The summed E-state index contributed by atoms with van der Waals surface area (Å²) in [5.41, 5.74) is 13.9. The summed E-state index contributed by atoms with van der Waals surface area (Å²) in [4.78, 5) is 30.0. The Morgan fingerprint density at radius 2 is 1.91 bits per heavy atom. The number of carbonyl (C=O) groups is 2. The van der Waals surface area contributed by atoms with Crippen molar-refractivity contribution in [2.45, 2.75) is 51.6 Å². The number of carbonyl (C=O) groups excluding carboxylic acids is 2. The van der Waals surface area contributed by atoms with Crippen LogP contribution >= 0.6 is 0 Å². The van der Waals surface area contributed by atoms with Crippen LogP contribution in [0.25, 0.3) is 16.6 Å². The van der Waals surface area contributed by atoms with Crippen LogP contribution < -0.4 is 16.4 Å². The van der Waals surface area contributed by atoms with Gasteiger partial charge in [0, 0.05) is 41.5 Å². The molecule has 3 heterocycles. The molecule has 0 radical (unpaired) electrons. The maximum Gasteiger partial charge on any atom is 0.252 e. The number of hydrogen-bond acceptors (Lipinski definition) is 5. The SMILES string of the molecule is CC(C)N(c1c(C(N)=O)cnn2cc(-c3ccncc3F)cc12)C1CCC(C(N)=O)CC1. The Balaban J connectivity index is 1.84. The van der Waals surface area contributed by atoms with E-state index >= 15 is 0 Å². The van der Waals surface area contributed by atoms with Crippen molar-refractivity contribution in [2.24, 2.45) is 17.4 Å². The largest absolute Gasteiger partial charge is 0.369 e. The van der Waals surface area contributed by atoms with Crippen LogP contribution in [0.15, 0.2) is 36.9 Å². The summed E-state index contributed by atoms with van der Waals surface area (Å²) in [5, 5.41) is 4.35. The van der Waals surface area contributed by atoms with Crippen LogP contribution in [0.1, 0.15) is 49.9 Å². The highest BCUT2D eigenvalue weighted by Crippen LogP contribution is 2.37. The molecule has 3 aromatic heterocycles. The van der Waals surface area contributed by atoms with Gasteiger partial charge >= 0.3 is 0 Å². The fourth-order valence-electron chi connectivity index (χ4n) is 4.75. The molecule has 0 aromatic carbocycles. The smallest absolute Gasteiger partial charge is 0.252 e. The second-order valence-electron chi connectivity index (χ2n) is 8.59. The Labute approximate surface area is 185 Å². The van der Waals surface area contributed by atoms with Crippen molar-refractivity contribution >= 4 is 23.0 Å². The van der Waals surface area contributed by atoms with Gasteiger partial charge < -0.3 is 16.4 Å². The average Bonchev–Trinajstić information content (AvgIpc) is 3.18. The summed E-state index contributed by atoms with van der Waals surface area (Å²) in [6.07, 6.45) is 8.82. The van der Waals surface area contributed by atoms with Crippen LogP contribution in [-0.4, -0.2) is 38.5 Å². The normalized spacial score (nSPS) is 18.8. The van der Waals surface area contributed by atoms with Gasteiger partial charge in [-0.05, 0) is 51.7 Å². The van der Waals surface area contributed by atoms with Gasteiger partial charge in [-0.25, -0.2) is 8.91 Å². The van der Waals surface area contributed by atoms with E-state index in [9.17, 15) is 14.0 Å². The van der Waals surface area contributed by atoms with Gasteiger partial charge in [-0.1, -0.05) is 0 Å². The number of anilines is 1. The summed E-state index contributed by atoms with van der Waals surface area (Å²) in [6, 6.07) is 3.57. The number of nitrogens with zero attached hydrogens (tertiary/aromatic N) is 4. The minimum absolute atomic E-state index is 0.0467. The molecule has 4 rings (SSSR count). The maximum atomic E-state index is 14.4. The molecular weight excluding hydrogens is 411 g/mol. The van der Waals surface area contributed by atoms with Crippen molar-refractivity contribution < 1.29 is 14.0 Å². The van der Waals surface area contributed by atoms with Crippen LogP contribution in [0.4, 0.5) is 10.1 Å². The highest BCUT2D eigenvalue weighted by molar-refractivity contribution is 6.02. The van der Waals surface area contributed by atoms with E-state index in [4.69, 9.17) is 11.5 Å². The molecule has 0 aliphatic heterocycles. The molecule has 1 fully saturated rings. The zero-order chi connectivity index (χ0) is 23.0. The lowest BCUT2D eigenvalue weighted by Crippen LogP contribution is -2.45. The molecule has 0 spiro atoms. The summed E-state index contributed by atoms with van der Waals surface area (Å²) in [5.74, 6) is -1.41. The Morgan fingerprint density at radius 3 is 2.50 bits per heavy atom. The molecule has 0 atom stereocenters. The van der Waals surface area contributed by atoms with Gasteiger partial charge in [-0.3, -0.25) is 14.6 Å². The van der Waals surface area contributed by atoms with E-state index in [1.807, 2.05) is 19.9 Å². The minimum Gasteiger partial charge on any atom is -0.369 e. The number of amides is 2. The van der Waals surface area contributed by atoms with E-state index in [0.717, 1.165) is 12.8 Å². The molecule has 168 valence electrons. The van der Waals surface area contributed by atoms with E-state index in [1.165, 1.54) is 18.6 Å². The Morgan fingerprint density at radius 1 is 1.19 bits per heavy atom. The lowest BCUT2D eigenvalue weighted by Gasteiger charge is -2.41. The van der Waals surface area contributed by atoms with Crippen molar-refractivity contribution in [3.63, 3.8) is 0 Å². The molecule has 4 N–H and O–H groups in total. The van der Waals surface area contributed by atoms with E-state index in [2.05, 4.69) is 15.0 Å². The number of aromatic nitrogens is 3. The number of rotatable bonds is 6. The molecule has 8 nitrogen and oxygen atoms in total. The van der Waals surface area contributed by atoms with Crippen molar-refractivity contribution in [1.29, 1.82) is 0 Å². The standard InChI is InChI=1S/C23H27FN6O2/c1-13(2)30(16-5-3-14(4-6-16)22(25)31)21-18(23(26)32)10-28-29-12-15(9-20(21)29)17-7-8-27-11-19(17)24/h7-14,16H,3-6H2,1-2H3,(H2,25,31)(H2,26,32). The molecule has 0 unspecified atom stereocenters. The quantitative estimate of drug-likeness (QED) is 0.613. The summed E-state index contributed by atoms with van der Waals surface area (Å²) in [7, 11) is 0. The van der Waals surface area contributed by atoms with Gasteiger partial charge in [0.05, 0.1) is 29.2 Å². The van der Waals surface area contributed by atoms with Crippen molar-refractivity contribution in [3.8, 4) is 11.1 Å². The molecule has 0 saturated heterocycles. The lowest BCUT2D eigenvalue weighted by molar-refractivity contribution is -0.122. The van der Waals surface area contributed by atoms with Crippen molar-refractivity contribution in [1.82, 2.24) is 14.6 Å². The van der Waals surface area contributed by atoms with Crippen molar-refractivity contribution in [2.75, 3.05) is 4.90 Å². The fraction of sp³-hybridized carbons (Fsp3) is 0.391. The molecule has 1 aliphatic carbocycles. The first-order valence-corrected chi connectivity index (χ1v) is 10.8. The highest BCUT2D eigenvalue weighted by atomic mass is 19.1. The zero-order valence-corrected chi connectivity index (χ0v) is 18.2. The molecule has 2 amide bonds. The first-order valence-electron chi connectivity index (χ1n) is 10.8. The van der Waals surface area contributed by atoms with Gasteiger partial charge in [0.1, 0.15) is 5.82 Å². The molecule has 1 saturated carbocycles. The predicted octanol–water partition coefficient (Wildman–Crippen LogP) is 2.89. The van der Waals surface area contributed by atoms with Gasteiger partial charge in [-0.2, -0.15) is 5.10 Å². The number of pyridine rings is 1. The summed E-state index contributed by atoms with van der Waals surface area (Å²) >= 11 is 0. The molecule has 32 heavy (non-hydrogen) atoms. The summed E-state index contributed by atoms with van der Waals surface area (Å²) < 4.78 is 16.0. The molecular formula is C23H27FN6O2. The van der Waals surface area contributed by atoms with Gasteiger partial charge in [0.2, 0.25) is 5.91 Å². The second kappa shape index (κ2) is 8.57. The van der Waals surface area contributed by atoms with Crippen LogP contribution in [0, 0.1) is 11.7 Å². The third-order valence-corrected chi connectivity index (χ3v) is 6.27. The second-order valence-corrected chi connectivity index (χ2v) is 8.59. The van der Waals surface area contributed by atoms with Gasteiger partial charge in [0.15, 0.2) is 0 Å². The number of primary amides is 2. The Hall–Kier alpha value is -3.49. The fourth-order valence-corrected chi connectivity index (χ4v) is 4.75. The number of nitrogens with two attached hydrogens (primary N) is 2. The minimum atomic E-state index is -0.579. The molecule has 1 aliphatic rings. The number of halogens is 1. The molecule has 0 bridgehead atoms. The monoisotopic (exact) mass is 438 g/mol. The van der Waals surface area contributed by atoms with Crippen LogP contribution in [0.2, 0.25) is 0 Å². The third-order valence-electron chi connectivity index (χ3n) is 6.27. The van der Waals surface area contributed by atoms with Crippen LogP contribution in [0.3, 0.4) is 0 Å². The topological polar surface area (TPSA) is 120 Å². The third kappa shape index (κ3) is 3.90. The Bertz CT molecular complexity index is 1170. The number of fused-ring (bicyclic) bond motifs is 1. The van der Waals surface area contributed by atoms with Crippen molar-refractivity contribution in [3.05, 3.63) is 48.3 Å². The van der Waals surface area contributed by atoms with E-state index in [-0.39, 0.29) is 23.9 Å². The van der Waals surface area contributed by atoms with Crippen LogP contribution in [-0.2, 0) is 4.79 Å². The van der Waals surface area contributed by atoms with E-state index in [0.29, 0.717) is 40.7 Å². The van der Waals surface area contributed by atoms with E-state index in [1.54, 1.807) is 16.8 Å². The first kappa shape index (κ1) is 21.7. The average molecular weight is 439 g/mol. The molecule has 9 heteroatoms. The van der Waals surface area contributed by atoms with Crippen LogP contribution in [0.5, 0.6) is 0 Å². The number of hydrogen-bond donors (Lipinski definition) is 2. The lowest BCUT2D eigenvalue weighted by atomic mass is 9.84. The Kier molecular flexibility index (Phi) is 5.82. The van der Waals surface area contributed by atoms with Gasteiger partial charge in [0.25, 0.3) is 5.91 Å². The van der Waals surface area contributed by atoms with E-state index < -0.39 is 11.7 Å². The maximum absolute atomic E-state index is 14.4.